The van der Waals surface area contributed by atoms with Gasteiger partial charge in [-0.3, -0.25) is 0 Å². The third-order valence-electron chi connectivity index (χ3n) is 3.71. The lowest BCUT2D eigenvalue weighted by Gasteiger charge is -2.25. The Labute approximate surface area is 121 Å². The number of hydrogen-bond donors (Lipinski definition) is 1. The molecule has 1 aromatic carbocycles. The van der Waals surface area contributed by atoms with Crippen LogP contribution in [0.25, 0.3) is 0 Å². The van der Waals surface area contributed by atoms with Gasteiger partial charge in [0.2, 0.25) is 0 Å². The van der Waals surface area contributed by atoms with E-state index in [0.717, 1.165) is 17.1 Å². The Balaban J connectivity index is 2.03. The molecule has 3 heteroatoms. The third kappa shape index (κ3) is 4.79. The largest absolute Gasteiger partial charge is 0.369 e. The van der Waals surface area contributed by atoms with Crippen molar-refractivity contribution in [1.82, 2.24) is 5.32 Å². The molecule has 0 aliphatic heterocycles. The van der Waals surface area contributed by atoms with E-state index in [-0.39, 0.29) is 12.2 Å². The zero-order chi connectivity index (χ0) is 13.8. The number of nitrogens with one attached hydrogen (secondary N) is 1. The Kier molecular flexibility index (Phi) is 5.26. The lowest BCUT2D eigenvalue weighted by Crippen LogP contribution is -2.29. The maximum absolute atomic E-state index is 6.21. The highest BCUT2D eigenvalue weighted by molar-refractivity contribution is 6.30. The fourth-order valence-corrected chi connectivity index (χ4v) is 2.13. The Hall–Kier alpha value is -0.570. The fraction of sp³-hybridized carbons (Fsp3) is 0.625. The lowest BCUT2D eigenvalue weighted by atomic mass is 10.1. The maximum atomic E-state index is 6.21. The summed E-state index contributed by atoms with van der Waals surface area (Å²) < 4.78 is 6.21. The molecule has 0 amide bonds. The summed E-state index contributed by atoms with van der Waals surface area (Å²) in [6, 6.07) is 8.69. The van der Waals surface area contributed by atoms with Crippen LogP contribution in [0.4, 0.5) is 0 Å². The summed E-state index contributed by atoms with van der Waals surface area (Å²) in [5.74, 6) is 0.516. The second-order valence-corrected chi connectivity index (χ2v) is 6.25. The van der Waals surface area contributed by atoms with Crippen molar-refractivity contribution in [2.24, 2.45) is 5.92 Å². The van der Waals surface area contributed by atoms with E-state index in [1.807, 2.05) is 18.2 Å². The summed E-state index contributed by atoms with van der Waals surface area (Å²) in [5.41, 5.74) is 1.16. The molecule has 1 aromatic rings. The monoisotopic (exact) mass is 281 g/mol. The molecule has 0 bridgehead atoms. The highest BCUT2D eigenvalue weighted by Gasteiger charge is 2.24. The summed E-state index contributed by atoms with van der Waals surface area (Å²) in [6.07, 6.45) is 2.91. The van der Waals surface area contributed by atoms with Gasteiger partial charge in [0.05, 0.1) is 12.2 Å². The van der Waals surface area contributed by atoms with Crippen molar-refractivity contribution in [2.45, 2.75) is 51.9 Å². The molecule has 0 saturated heterocycles. The quantitative estimate of drug-likeness (QED) is 0.809. The molecule has 0 spiro atoms. The van der Waals surface area contributed by atoms with E-state index in [0.29, 0.717) is 12.0 Å². The van der Waals surface area contributed by atoms with Gasteiger partial charge in [-0.05, 0) is 43.4 Å². The van der Waals surface area contributed by atoms with Crippen LogP contribution in [-0.2, 0) is 4.74 Å². The van der Waals surface area contributed by atoms with E-state index in [4.69, 9.17) is 16.3 Å². The normalized spacial score (nSPS) is 18.6. The first-order valence-corrected chi connectivity index (χ1v) is 7.58. The molecule has 106 valence electrons. The van der Waals surface area contributed by atoms with Crippen LogP contribution in [0.3, 0.4) is 0 Å². The van der Waals surface area contributed by atoms with E-state index in [1.54, 1.807) is 0 Å². The average molecular weight is 282 g/mol. The second kappa shape index (κ2) is 6.74. The van der Waals surface area contributed by atoms with Crippen molar-refractivity contribution in [3.8, 4) is 0 Å². The van der Waals surface area contributed by atoms with E-state index in [2.05, 4.69) is 32.2 Å². The zero-order valence-electron chi connectivity index (χ0n) is 12.0. The number of ether oxygens (including phenoxy) is 1. The van der Waals surface area contributed by atoms with Crippen LogP contribution in [0.2, 0.25) is 5.02 Å². The van der Waals surface area contributed by atoms with Gasteiger partial charge in [0, 0.05) is 17.6 Å². The SMILES string of the molecule is CC(C)C(C)OC(CNC1CC1)c1cccc(Cl)c1. The van der Waals surface area contributed by atoms with Gasteiger partial charge in [-0.1, -0.05) is 37.6 Å². The average Bonchev–Trinajstić information content (AvgIpc) is 3.18. The molecule has 2 rings (SSSR count). The van der Waals surface area contributed by atoms with Crippen molar-refractivity contribution in [3.63, 3.8) is 0 Å². The lowest BCUT2D eigenvalue weighted by molar-refractivity contribution is -0.0261. The van der Waals surface area contributed by atoms with Crippen LogP contribution < -0.4 is 5.32 Å². The molecule has 1 aliphatic rings. The second-order valence-electron chi connectivity index (χ2n) is 5.81. The molecule has 1 fully saturated rings. The van der Waals surface area contributed by atoms with Crippen molar-refractivity contribution in [3.05, 3.63) is 34.9 Å². The zero-order valence-corrected chi connectivity index (χ0v) is 12.8. The summed E-state index contributed by atoms with van der Waals surface area (Å²) in [5, 5.41) is 4.32. The minimum Gasteiger partial charge on any atom is -0.369 e. The summed E-state index contributed by atoms with van der Waals surface area (Å²) in [4.78, 5) is 0. The van der Waals surface area contributed by atoms with Gasteiger partial charge in [-0.25, -0.2) is 0 Å². The Morgan fingerprint density at radius 2 is 2.05 bits per heavy atom. The molecule has 2 atom stereocenters. The minimum atomic E-state index is 0.0803. The molecule has 0 radical (unpaired) electrons. The van der Waals surface area contributed by atoms with Gasteiger partial charge in [-0.15, -0.1) is 0 Å². The summed E-state index contributed by atoms with van der Waals surface area (Å²) >= 11 is 6.09. The van der Waals surface area contributed by atoms with Crippen LogP contribution in [0, 0.1) is 5.92 Å². The van der Waals surface area contributed by atoms with E-state index in [1.165, 1.54) is 12.8 Å². The van der Waals surface area contributed by atoms with Crippen LogP contribution in [0.15, 0.2) is 24.3 Å². The van der Waals surface area contributed by atoms with Crippen molar-refractivity contribution in [2.75, 3.05) is 6.54 Å². The molecule has 0 heterocycles. The molecule has 1 saturated carbocycles. The molecule has 1 aliphatic carbocycles. The van der Waals surface area contributed by atoms with Crippen LogP contribution in [0.1, 0.15) is 45.3 Å². The van der Waals surface area contributed by atoms with Crippen LogP contribution in [0.5, 0.6) is 0 Å². The predicted octanol–water partition coefficient (Wildman–Crippen LogP) is 4.19. The van der Waals surface area contributed by atoms with Gasteiger partial charge >= 0.3 is 0 Å². The highest BCUT2D eigenvalue weighted by Crippen LogP contribution is 2.26. The van der Waals surface area contributed by atoms with E-state index >= 15 is 0 Å². The van der Waals surface area contributed by atoms with E-state index in [9.17, 15) is 0 Å². The van der Waals surface area contributed by atoms with Crippen LogP contribution in [-0.4, -0.2) is 18.7 Å². The smallest absolute Gasteiger partial charge is 0.0953 e. The molecule has 0 aromatic heterocycles. The highest BCUT2D eigenvalue weighted by atomic mass is 35.5. The fourth-order valence-electron chi connectivity index (χ4n) is 1.93. The van der Waals surface area contributed by atoms with Crippen molar-refractivity contribution in [1.29, 1.82) is 0 Å². The number of halogens is 1. The first-order valence-electron chi connectivity index (χ1n) is 7.20. The van der Waals surface area contributed by atoms with Gasteiger partial charge in [0.1, 0.15) is 0 Å². The minimum absolute atomic E-state index is 0.0803. The summed E-state index contributed by atoms with van der Waals surface area (Å²) in [6.45, 7) is 7.38. The Bertz CT molecular complexity index is 403. The number of benzene rings is 1. The Morgan fingerprint density at radius 3 is 2.63 bits per heavy atom. The molecule has 1 N–H and O–H groups in total. The van der Waals surface area contributed by atoms with E-state index < -0.39 is 0 Å². The number of rotatable bonds is 7. The topological polar surface area (TPSA) is 21.3 Å². The summed E-state index contributed by atoms with van der Waals surface area (Å²) in [7, 11) is 0. The van der Waals surface area contributed by atoms with Crippen molar-refractivity contribution < 1.29 is 4.74 Å². The Morgan fingerprint density at radius 1 is 1.32 bits per heavy atom. The van der Waals surface area contributed by atoms with Gasteiger partial charge in [0.15, 0.2) is 0 Å². The number of hydrogen-bond acceptors (Lipinski definition) is 2. The molecule has 2 nitrogen and oxygen atoms in total. The first kappa shape index (κ1) is 14.8. The molecule has 2 unspecified atom stereocenters. The van der Waals surface area contributed by atoms with Crippen LogP contribution >= 0.6 is 11.6 Å². The van der Waals surface area contributed by atoms with Gasteiger partial charge < -0.3 is 10.1 Å². The molecular weight excluding hydrogens is 258 g/mol. The third-order valence-corrected chi connectivity index (χ3v) is 3.94. The first-order chi connectivity index (χ1) is 9.06. The van der Waals surface area contributed by atoms with Gasteiger partial charge in [0.25, 0.3) is 0 Å². The van der Waals surface area contributed by atoms with Gasteiger partial charge in [-0.2, -0.15) is 0 Å². The molecular formula is C16H24ClNO. The van der Waals surface area contributed by atoms with Crippen molar-refractivity contribution >= 4 is 11.6 Å². The maximum Gasteiger partial charge on any atom is 0.0953 e. The predicted molar refractivity (Wildman–Crippen MR) is 80.6 cm³/mol. The molecule has 19 heavy (non-hydrogen) atoms. The standard InChI is InChI=1S/C16H24ClNO/c1-11(2)12(3)19-16(10-18-15-7-8-15)13-5-4-6-14(17)9-13/h4-6,9,11-12,15-16,18H,7-8,10H2,1-3H3.